The van der Waals surface area contributed by atoms with Crippen molar-refractivity contribution in [3.63, 3.8) is 0 Å². The van der Waals surface area contributed by atoms with Crippen LogP contribution in [0.3, 0.4) is 0 Å². The van der Waals surface area contributed by atoms with E-state index in [9.17, 15) is 9.18 Å². The van der Waals surface area contributed by atoms with Crippen LogP contribution in [0.25, 0.3) is 0 Å². The lowest BCUT2D eigenvalue weighted by atomic mass is 9.89. The molecule has 1 heterocycles. The predicted molar refractivity (Wildman–Crippen MR) is 122 cm³/mol. The molecular weight excluding hydrogens is 449 g/mol. The molecule has 1 aliphatic rings. The van der Waals surface area contributed by atoms with Gasteiger partial charge in [-0.2, -0.15) is 0 Å². The Kier molecular flexibility index (Phi) is 6.60. The minimum absolute atomic E-state index is 0.187. The normalized spacial score (nSPS) is 17.4. The molecule has 3 aromatic carbocycles. The molecule has 33 heavy (non-hydrogen) atoms. The first-order valence-electron chi connectivity index (χ1n) is 10.2. The maximum absolute atomic E-state index is 13.4. The second kappa shape index (κ2) is 9.58. The Morgan fingerprint density at radius 3 is 2.06 bits per heavy atom. The molecule has 1 saturated heterocycles. The van der Waals surface area contributed by atoms with Gasteiger partial charge in [-0.25, -0.2) is 4.39 Å². The van der Waals surface area contributed by atoms with Gasteiger partial charge in [-0.1, -0.05) is 23.7 Å². The number of halogens is 2. The second-order valence-corrected chi connectivity index (χ2v) is 7.92. The zero-order valence-electron chi connectivity index (χ0n) is 18.4. The molecule has 1 aliphatic heterocycles. The number of β-lactam (4-membered cyclic amide) rings is 1. The van der Waals surface area contributed by atoms with Crippen LogP contribution in [0, 0.1) is 5.82 Å². The summed E-state index contributed by atoms with van der Waals surface area (Å²) in [5.41, 5.74) is 1.55. The molecule has 0 aliphatic carbocycles. The first kappa shape index (κ1) is 22.7. The lowest BCUT2D eigenvalue weighted by molar-refractivity contribution is -0.165. The van der Waals surface area contributed by atoms with Crippen molar-refractivity contribution in [3.8, 4) is 23.0 Å². The number of nitrogens with zero attached hydrogens (tertiary/aromatic N) is 1. The smallest absolute Gasteiger partial charge is 0.267 e. The van der Waals surface area contributed by atoms with Crippen molar-refractivity contribution in [2.45, 2.75) is 18.7 Å². The van der Waals surface area contributed by atoms with Crippen LogP contribution in [0.5, 0.6) is 23.0 Å². The number of carbonyl (C=O) groups excluding carboxylic acids is 1. The van der Waals surface area contributed by atoms with E-state index < -0.39 is 12.1 Å². The molecule has 1 fully saturated rings. The second-order valence-electron chi connectivity index (χ2n) is 7.49. The van der Waals surface area contributed by atoms with Gasteiger partial charge in [-0.05, 0) is 59.7 Å². The van der Waals surface area contributed by atoms with E-state index in [0.29, 0.717) is 34.6 Å². The summed E-state index contributed by atoms with van der Waals surface area (Å²) in [6, 6.07) is 16.0. The van der Waals surface area contributed by atoms with Gasteiger partial charge in [0.05, 0.1) is 21.3 Å². The number of hydrogen-bond donors (Lipinski definition) is 0. The van der Waals surface area contributed by atoms with E-state index in [0.717, 1.165) is 11.1 Å². The van der Waals surface area contributed by atoms with Gasteiger partial charge in [0, 0.05) is 11.6 Å². The first-order chi connectivity index (χ1) is 15.9. The van der Waals surface area contributed by atoms with E-state index in [1.807, 2.05) is 0 Å². The lowest BCUT2D eigenvalue weighted by Crippen LogP contribution is -2.60. The molecule has 0 spiro atoms. The van der Waals surface area contributed by atoms with Crippen LogP contribution in [0.15, 0.2) is 60.7 Å². The highest BCUT2D eigenvalue weighted by molar-refractivity contribution is 6.30. The third kappa shape index (κ3) is 4.54. The maximum atomic E-state index is 13.4. The Balaban J connectivity index is 1.71. The minimum atomic E-state index is -0.769. The largest absolute Gasteiger partial charge is 0.493 e. The number of ether oxygens (including phenoxy) is 4. The lowest BCUT2D eigenvalue weighted by Gasteiger charge is -2.47. The summed E-state index contributed by atoms with van der Waals surface area (Å²) in [7, 11) is 4.59. The van der Waals surface area contributed by atoms with E-state index in [-0.39, 0.29) is 11.7 Å². The van der Waals surface area contributed by atoms with Gasteiger partial charge < -0.3 is 23.8 Å². The van der Waals surface area contributed by atoms with E-state index in [2.05, 4.69) is 0 Å². The van der Waals surface area contributed by atoms with Gasteiger partial charge in [0.2, 0.25) is 11.9 Å². The Morgan fingerprint density at radius 1 is 0.909 bits per heavy atom. The van der Waals surface area contributed by atoms with E-state index in [4.69, 9.17) is 30.5 Å². The van der Waals surface area contributed by atoms with Crippen molar-refractivity contribution in [1.82, 2.24) is 4.90 Å². The molecule has 1 amide bonds. The zero-order chi connectivity index (χ0) is 23.5. The van der Waals surface area contributed by atoms with E-state index >= 15 is 0 Å². The Labute approximate surface area is 196 Å². The van der Waals surface area contributed by atoms with E-state index in [1.54, 1.807) is 53.4 Å². The number of amides is 1. The molecule has 0 bridgehead atoms. The zero-order valence-corrected chi connectivity index (χ0v) is 19.1. The fourth-order valence-electron chi connectivity index (χ4n) is 3.88. The van der Waals surface area contributed by atoms with Crippen LogP contribution in [0.2, 0.25) is 5.02 Å². The molecule has 172 valence electrons. The van der Waals surface area contributed by atoms with Crippen molar-refractivity contribution >= 4 is 17.5 Å². The summed E-state index contributed by atoms with van der Waals surface area (Å²) in [6.45, 7) is 0.293. The Bertz CT molecular complexity index is 1050. The highest BCUT2D eigenvalue weighted by atomic mass is 35.5. The number of methoxy groups -OCH3 is 3. The minimum Gasteiger partial charge on any atom is -0.493 e. The topological polar surface area (TPSA) is 57.2 Å². The molecule has 0 saturated carbocycles. The highest BCUT2D eigenvalue weighted by Gasteiger charge is 2.50. The van der Waals surface area contributed by atoms with Gasteiger partial charge in [-0.15, -0.1) is 0 Å². The maximum Gasteiger partial charge on any atom is 0.267 e. The van der Waals surface area contributed by atoms with Crippen LogP contribution < -0.4 is 18.9 Å². The molecule has 2 atom stereocenters. The monoisotopic (exact) mass is 471 g/mol. The Hall–Kier alpha value is -3.45. The molecule has 0 N–H and O–H groups in total. The third-order valence-corrected chi connectivity index (χ3v) is 5.77. The fourth-order valence-corrected chi connectivity index (χ4v) is 4.01. The third-order valence-electron chi connectivity index (χ3n) is 5.52. The number of carbonyl (C=O) groups is 1. The van der Waals surface area contributed by atoms with Crippen molar-refractivity contribution in [3.05, 3.63) is 82.6 Å². The van der Waals surface area contributed by atoms with Gasteiger partial charge in [0.25, 0.3) is 5.91 Å². The molecule has 0 unspecified atom stereocenters. The van der Waals surface area contributed by atoms with Gasteiger partial charge in [-0.3, -0.25) is 4.79 Å². The standard InChI is InChI=1S/C25H23ClFNO5/c1-30-20-12-16(13-21(31-2)23(20)32-3)22-24(33-19-10-6-17(26)7-11-19)25(29)28(22)14-15-4-8-18(27)9-5-15/h4-13,22,24H,14H2,1-3H3/t22-,24+/m1/s1. The van der Waals surface area contributed by atoms with E-state index in [1.165, 1.54) is 33.5 Å². The van der Waals surface area contributed by atoms with Gasteiger partial charge in [0.15, 0.2) is 11.5 Å². The first-order valence-corrected chi connectivity index (χ1v) is 10.6. The average Bonchev–Trinajstić information content (AvgIpc) is 2.84. The molecular formula is C25H23ClFNO5. The number of benzene rings is 3. The van der Waals surface area contributed by atoms with Crippen LogP contribution in [-0.4, -0.2) is 38.2 Å². The summed E-state index contributed by atoms with van der Waals surface area (Å²) >= 11 is 5.97. The molecule has 3 aromatic rings. The summed E-state index contributed by atoms with van der Waals surface area (Å²) < 4.78 is 35.8. The summed E-state index contributed by atoms with van der Waals surface area (Å²) in [4.78, 5) is 14.8. The number of rotatable bonds is 8. The van der Waals surface area contributed by atoms with Crippen LogP contribution in [-0.2, 0) is 11.3 Å². The summed E-state index contributed by atoms with van der Waals surface area (Å²) in [5.74, 6) is 1.40. The van der Waals surface area contributed by atoms with Crippen LogP contribution in [0.1, 0.15) is 17.2 Å². The van der Waals surface area contributed by atoms with Gasteiger partial charge in [0.1, 0.15) is 17.6 Å². The number of likely N-dealkylation sites (tertiary alicyclic amines) is 1. The molecule has 4 rings (SSSR count). The fraction of sp³-hybridized carbons (Fsp3) is 0.240. The van der Waals surface area contributed by atoms with Crippen molar-refractivity contribution in [2.75, 3.05) is 21.3 Å². The predicted octanol–water partition coefficient (Wildman–Crippen LogP) is 5.04. The summed E-state index contributed by atoms with van der Waals surface area (Å²) in [6.07, 6.45) is -0.769. The SMILES string of the molecule is COc1cc([C@@H]2[C@H](Oc3ccc(Cl)cc3)C(=O)N2Cc2ccc(F)cc2)cc(OC)c1OC. The summed E-state index contributed by atoms with van der Waals surface area (Å²) in [5, 5.41) is 0.571. The molecule has 0 radical (unpaired) electrons. The highest BCUT2D eigenvalue weighted by Crippen LogP contribution is 2.45. The quantitative estimate of drug-likeness (QED) is 0.431. The molecule has 0 aromatic heterocycles. The molecule has 8 heteroatoms. The number of hydrogen-bond acceptors (Lipinski definition) is 5. The van der Waals surface area contributed by atoms with Crippen LogP contribution >= 0.6 is 11.6 Å². The van der Waals surface area contributed by atoms with Gasteiger partial charge >= 0.3 is 0 Å². The average molecular weight is 472 g/mol. The Morgan fingerprint density at radius 2 is 1.52 bits per heavy atom. The van der Waals surface area contributed by atoms with Crippen molar-refractivity contribution in [1.29, 1.82) is 0 Å². The molecule has 6 nitrogen and oxygen atoms in total. The van der Waals surface area contributed by atoms with Crippen LogP contribution in [0.4, 0.5) is 4.39 Å². The van der Waals surface area contributed by atoms with Crippen molar-refractivity contribution in [2.24, 2.45) is 0 Å². The van der Waals surface area contributed by atoms with Crippen molar-refractivity contribution < 1.29 is 28.1 Å².